The minimum atomic E-state index is -1.03. The first-order chi connectivity index (χ1) is 8.42. The van der Waals surface area contributed by atoms with Gasteiger partial charge < -0.3 is 5.32 Å². The molecule has 1 amide bonds. The number of nitrogens with one attached hydrogen (secondary N) is 1. The fourth-order valence-corrected chi connectivity index (χ4v) is 1.98. The van der Waals surface area contributed by atoms with Gasteiger partial charge in [0, 0.05) is 10.0 Å². The molecular weight excluding hydrogens is 299 g/mol. The van der Waals surface area contributed by atoms with E-state index in [0.29, 0.717) is 10.0 Å². The average molecular weight is 311 g/mol. The van der Waals surface area contributed by atoms with E-state index in [-0.39, 0.29) is 6.54 Å². The Morgan fingerprint density at radius 2 is 2.39 bits per heavy atom. The van der Waals surface area contributed by atoms with Gasteiger partial charge in [-0.25, -0.2) is 4.39 Å². The van der Waals surface area contributed by atoms with Gasteiger partial charge in [0.25, 0.3) is 5.91 Å². The first-order valence-electron chi connectivity index (χ1n) is 5.09. The van der Waals surface area contributed by atoms with E-state index in [2.05, 4.69) is 33.0 Å². The smallest absolute Gasteiger partial charge is 0.296 e. The number of carbonyl (C=O) groups is 1. The summed E-state index contributed by atoms with van der Waals surface area (Å²) >= 11 is 3.26. The number of benzene rings is 1. The van der Waals surface area contributed by atoms with Crippen LogP contribution in [0.5, 0.6) is 0 Å². The van der Waals surface area contributed by atoms with Crippen LogP contribution in [0.2, 0.25) is 0 Å². The Hall–Kier alpha value is -1.67. The van der Waals surface area contributed by atoms with Crippen LogP contribution in [0, 0.1) is 18.2 Å². The second kappa shape index (κ2) is 5.78. The number of carbonyl (C=O) groups excluding carboxylic acids is 1. The molecule has 0 saturated heterocycles. The third-order valence-corrected chi connectivity index (χ3v) is 2.96. The molecule has 1 N–H and O–H groups in total. The normalized spacial score (nSPS) is 13.2. The highest BCUT2D eigenvalue weighted by Crippen LogP contribution is 2.27. The first kappa shape index (κ1) is 14.4. The maximum absolute atomic E-state index is 13.9. The molecule has 5 heteroatoms. The summed E-state index contributed by atoms with van der Waals surface area (Å²) in [4.78, 5) is 15.1. The lowest BCUT2D eigenvalue weighted by atomic mass is 9.91. The first-order valence-corrected chi connectivity index (χ1v) is 5.89. The predicted octanol–water partition coefficient (Wildman–Crippen LogP) is 2.25. The summed E-state index contributed by atoms with van der Waals surface area (Å²) in [6.07, 6.45) is 5.01. The minimum Gasteiger partial charge on any atom is -0.334 e. The lowest BCUT2D eigenvalue weighted by Gasteiger charge is -2.29. The Morgan fingerprint density at radius 3 is 2.94 bits per heavy atom. The van der Waals surface area contributed by atoms with E-state index in [4.69, 9.17) is 6.42 Å². The van der Waals surface area contributed by atoms with Crippen LogP contribution in [0.15, 0.2) is 27.7 Å². The molecule has 1 aromatic carbocycles. The van der Waals surface area contributed by atoms with E-state index in [1.807, 2.05) is 5.92 Å². The third-order valence-electron chi connectivity index (χ3n) is 2.47. The fourth-order valence-electron chi connectivity index (χ4n) is 1.62. The van der Waals surface area contributed by atoms with Gasteiger partial charge in [-0.05, 0) is 37.8 Å². The standard InChI is InChI=1S/C13H12BrFN2O/c1-4-12(18)17-13(2,8-16-3)10-7-9(14)5-6-11(10)15/h1,5-7H,3,8H2,2H3,(H,17,18)/t13-/m0/s1. The Bertz CT molecular complexity index is 524. The third kappa shape index (κ3) is 3.17. The summed E-state index contributed by atoms with van der Waals surface area (Å²) in [5.41, 5.74) is -0.730. The zero-order valence-corrected chi connectivity index (χ0v) is 11.4. The number of rotatable bonds is 4. The van der Waals surface area contributed by atoms with Crippen LogP contribution >= 0.6 is 15.9 Å². The van der Waals surface area contributed by atoms with Crippen LogP contribution < -0.4 is 5.32 Å². The Morgan fingerprint density at radius 1 is 1.72 bits per heavy atom. The van der Waals surface area contributed by atoms with Gasteiger partial charge in [-0.2, -0.15) is 0 Å². The number of hydrogen-bond donors (Lipinski definition) is 1. The van der Waals surface area contributed by atoms with Crippen molar-refractivity contribution in [3.8, 4) is 12.3 Å². The number of nitrogens with zero attached hydrogens (tertiary/aromatic N) is 1. The van der Waals surface area contributed by atoms with Gasteiger partial charge in [0.15, 0.2) is 0 Å². The summed E-state index contributed by atoms with van der Waals surface area (Å²) in [5.74, 6) is 0.869. The molecule has 0 fully saturated rings. The quantitative estimate of drug-likeness (QED) is 0.672. The van der Waals surface area contributed by atoms with Crippen LogP contribution in [0.1, 0.15) is 12.5 Å². The summed E-state index contributed by atoms with van der Waals surface area (Å²) in [6.45, 7) is 5.13. The van der Waals surface area contributed by atoms with Crippen LogP contribution in [-0.2, 0) is 10.3 Å². The molecule has 1 rings (SSSR count). The van der Waals surface area contributed by atoms with Crippen LogP contribution in [0.25, 0.3) is 0 Å². The number of hydrogen-bond acceptors (Lipinski definition) is 2. The second-order valence-electron chi connectivity index (χ2n) is 3.94. The molecule has 0 spiro atoms. The molecule has 0 saturated carbocycles. The molecule has 0 aliphatic carbocycles. The highest BCUT2D eigenvalue weighted by Gasteiger charge is 2.30. The number of aliphatic imine (C=N–C) groups is 1. The zero-order valence-electron chi connectivity index (χ0n) is 9.84. The summed E-state index contributed by atoms with van der Waals surface area (Å²) in [5, 5.41) is 2.56. The van der Waals surface area contributed by atoms with Gasteiger partial charge in [0.2, 0.25) is 0 Å². The molecule has 18 heavy (non-hydrogen) atoms. The van der Waals surface area contributed by atoms with Crippen molar-refractivity contribution in [3.05, 3.63) is 34.1 Å². The van der Waals surface area contributed by atoms with E-state index in [0.717, 1.165) is 0 Å². The van der Waals surface area contributed by atoms with Crippen molar-refractivity contribution in [1.29, 1.82) is 0 Å². The van der Waals surface area contributed by atoms with Gasteiger partial charge in [0.1, 0.15) is 5.82 Å². The van der Waals surface area contributed by atoms with E-state index >= 15 is 0 Å². The summed E-state index contributed by atoms with van der Waals surface area (Å²) in [7, 11) is 0. The van der Waals surface area contributed by atoms with Gasteiger partial charge in [-0.1, -0.05) is 15.9 Å². The molecule has 0 aliphatic heterocycles. The van der Waals surface area contributed by atoms with Crippen molar-refractivity contribution in [3.63, 3.8) is 0 Å². The topological polar surface area (TPSA) is 41.5 Å². The van der Waals surface area contributed by atoms with Gasteiger partial charge in [0.05, 0.1) is 12.1 Å². The largest absolute Gasteiger partial charge is 0.334 e. The second-order valence-corrected chi connectivity index (χ2v) is 4.85. The van der Waals surface area contributed by atoms with Gasteiger partial charge >= 0.3 is 0 Å². The summed E-state index contributed by atoms with van der Waals surface area (Å²) < 4.78 is 14.6. The van der Waals surface area contributed by atoms with Crippen LogP contribution in [0.4, 0.5) is 4.39 Å². The highest BCUT2D eigenvalue weighted by atomic mass is 79.9. The lowest BCUT2D eigenvalue weighted by molar-refractivity contribution is -0.117. The number of amides is 1. The monoisotopic (exact) mass is 310 g/mol. The zero-order chi connectivity index (χ0) is 13.8. The van der Waals surface area contributed by atoms with Crippen molar-refractivity contribution in [2.45, 2.75) is 12.5 Å². The van der Waals surface area contributed by atoms with Crippen molar-refractivity contribution < 1.29 is 9.18 Å². The SMILES string of the molecule is C#CC(=O)N[C@@](C)(CN=C)c1cc(Br)ccc1F. The van der Waals surface area contributed by atoms with E-state index < -0.39 is 17.3 Å². The molecular formula is C13H12BrFN2O. The highest BCUT2D eigenvalue weighted by molar-refractivity contribution is 9.10. The minimum absolute atomic E-state index is 0.119. The molecule has 0 radical (unpaired) electrons. The Kier molecular flexibility index (Phi) is 4.62. The molecule has 0 aromatic heterocycles. The maximum atomic E-state index is 13.9. The molecule has 0 aliphatic rings. The lowest BCUT2D eigenvalue weighted by Crippen LogP contribution is -2.46. The van der Waals surface area contributed by atoms with Gasteiger partial charge in [-0.15, -0.1) is 6.42 Å². The molecule has 1 aromatic rings. The molecule has 1 atom stereocenters. The maximum Gasteiger partial charge on any atom is 0.296 e. The van der Waals surface area contributed by atoms with E-state index in [1.54, 1.807) is 19.1 Å². The predicted molar refractivity (Wildman–Crippen MR) is 72.8 cm³/mol. The van der Waals surface area contributed by atoms with E-state index in [1.165, 1.54) is 6.07 Å². The van der Waals surface area contributed by atoms with E-state index in [9.17, 15) is 9.18 Å². The molecule has 3 nitrogen and oxygen atoms in total. The Labute approximate surface area is 114 Å². The fraction of sp³-hybridized carbons (Fsp3) is 0.231. The summed E-state index contributed by atoms with van der Waals surface area (Å²) in [6, 6.07) is 4.46. The van der Waals surface area contributed by atoms with Crippen molar-refractivity contribution in [1.82, 2.24) is 5.32 Å². The van der Waals surface area contributed by atoms with Crippen molar-refractivity contribution in [2.24, 2.45) is 4.99 Å². The average Bonchev–Trinajstić information content (AvgIpc) is 2.32. The Balaban J connectivity index is 3.26. The molecule has 0 unspecified atom stereocenters. The van der Waals surface area contributed by atoms with Gasteiger partial charge in [-0.3, -0.25) is 9.79 Å². The molecule has 0 bridgehead atoms. The molecule has 0 heterocycles. The van der Waals surface area contributed by atoms with Crippen molar-refractivity contribution >= 4 is 28.6 Å². The number of terminal acetylenes is 1. The number of halogens is 2. The molecule has 94 valence electrons. The van der Waals surface area contributed by atoms with Crippen molar-refractivity contribution in [2.75, 3.05) is 6.54 Å². The van der Waals surface area contributed by atoms with Crippen LogP contribution in [-0.4, -0.2) is 19.2 Å². The van der Waals surface area contributed by atoms with Crippen LogP contribution in [0.3, 0.4) is 0 Å².